The van der Waals surface area contributed by atoms with Crippen LogP contribution in [0.1, 0.15) is 43.6 Å². The maximum atomic E-state index is 13.1. The first-order valence-corrected chi connectivity index (χ1v) is 8.92. The first kappa shape index (κ1) is 24.0. The Morgan fingerprint density at radius 1 is 1.38 bits per heavy atom. The molecule has 0 radical (unpaired) electrons. The second-order valence-corrected chi connectivity index (χ2v) is 6.10. The van der Waals surface area contributed by atoms with Gasteiger partial charge in [0.25, 0.3) is 0 Å². The fourth-order valence-corrected chi connectivity index (χ4v) is 2.33. The van der Waals surface area contributed by atoms with Crippen LogP contribution in [0.15, 0.2) is 41.4 Å². The summed E-state index contributed by atoms with van der Waals surface area (Å²) in [5, 5.41) is 2.60. The zero-order chi connectivity index (χ0) is 22.0. The van der Waals surface area contributed by atoms with Crippen LogP contribution in [0.2, 0.25) is 0 Å². The topological polar surface area (TPSA) is 68.0 Å². The molecular formula is C21H23F4N3O. The predicted molar refractivity (Wildman–Crippen MR) is 105 cm³/mol. The van der Waals surface area contributed by atoms with Gasteiger partial charge in [0.1, 0.15) is 11.5 Å². The van der Waals surface area contributed by atoms with Crippen molar-refractivity contribution in [2.45, 2.75) is 39.3 Å². The number of alkyl halides is 3. The molecule has 0 aliphatic heterocycles. The smallest absolute Gasteiger partial charge is 0.396 e. The number of terminal acetylenes is 1. The fraction of sp³-hybridized carbons (Fsp3) is 0.333. The Morgan fingerprint density at radius 3 is 2.62 bits per heavy atom. The summed E-state index contributed by atoms with van der Waals surface area (Å²) in [6.07, 6.45) is 6.21. The summed E-state index contributed by atoms with van der Waals surface area (Å²) in [6.45, 7) is 3.24. The number of hydrogen-bond acceptors (Lipinski definition) is 3. The van der Waals surface area contributed by atoms with E-state index in [1.807, 2.05) is 6.92 Å². The van der Waals surface area contributed by atoms with Crippen LogP contribution < -0.4 is 11.1 Å². The Balaban J connectivity index is 2.75. The number of carbonyl (C=O) groups is 1. The van der Waals surface area contributed by atoms with Crippen molar-refractivity contribution in [3.63, 3.8) is 0 Å². The maximum Gasteiger partial charge on any atom is 0.433 e. The van der Waals surface area contributed by atoms with E-state index in [9.17, 15) is 22.4 Å². The largest absolute Gasteiger partial charge is 0.433 e. The number of pyridine rings is 1. The molecule has 1 amide bonds. The second kappa shape index (κ2) is 11.1. The summed E-state index contributed by atoms with van der Waals surface area (Å²) in [7, 11) is 0. The van der Waals surface area contributed by atoms with E-state index in [1.165, 1.54) is 31.2 Å². The van der Waals surface area contributed by atoms with Crippen LogP contribution in [-0.4, -0.2) is 17.4 Å². The monoisotopic (exact) mass is 409 g/mol. The molecule has 0 aliphatic carbocycles. The predicted octanol–water partition coefficient (Wildman–Crippen LogP) is 4.29. The summed E-state index contributed by atoms with van der Waals surface area (Å²) in [6, 6.07) is 2.18. The number of aryl methyl sites for hydroxylation is 1. The molecule has 0 saturated carbocycles. The van der Waals surface area contributed by atoms with Gasteiger partial charge in [-0.3, -0.25) is 4.79 Å². The van der Waals surface area contributed by atoms with E-state index in [0.717, 1.165) is 6.07 Å². The molecule has 8 heteroatoms. The number of rotatable bonds is 8. The van der Waals surface area contributed by atoms with Gasteiger partial charge < -0.3 is 11.1 Å². The average molecular weight is 409 g/mol. The van der Waals surface area contributed by atoms with E-state index in [1.54, 1.807) is 0 Å². The summed E-state index contributed by atoms with van der Waals surface area (Å²) < 4.78 is 51.5. The van der Waals surface area contributed by atoms with Gasteiger partial charge in [0.2, 0.25) is 5.91 Å². The molecule has 0 spiro atoms. The van der Waals surface area contributed by atoms with Crippen molar-refractivity contribution in [3.05, 3.63) is 58.3 Å². The van der Waals surface area contributed by atoms with E-state index in [4.69, 9.17) is 12.2 Å². The Hall–Kier alpha value is -3.08. The van der Waals surface area contributed by atoms with E-state index in [0.29, 0.717) is 24.8 Å². The zero-order valence-electron chi connectivity index (χ0n) is 16.2. The number of allylic oxidation sites excluding steroid dienone is 2. The molecule has 1 aromatic heterocycles. The van der Waals surface area contributed by atoms with Gasteiger partial charge in [-0.2, -0.15) is 13.2 Å². The lowest BCUT2D eigenvalue weighted by molar-refractivity contribution is -0.141. The molecule has 1 aromatic rings. The van der Waals surface area contributed by atoms with Gasteiger partial charge in [-0.25, -0.2) is 9.37 Å². The Labute approximate surface area is 167 Å². The van der Waals surface area contributed by atoms with E-state index >= 15 is 0 Å². The second-order valence-electron chi connectivity index (χ2n) is 6.10. The van der Waals surface area contributed by atoms with Gasteiger partial charge in [0.05, 0.1) is 5.70 Å². The molecule has 0 fully saturated rings. The van der Waals surface area contributed by atoms with Crippen LogP contribution in [0.5, 0.6) is 0 Å². The number of hydrogen-bond donors (Lipinski definition) is 2. The molecule has 0 aromatic carbocycles. The number of nitrogens with zero attached hydrogens (tertiary/aromatic N) is 1. The first-order valence-electron chi connectivity index (χ1n) is 8.92. The van der Waals surface area contributed by atoms with Crippen molar-refractivity contribution in [2.24, 2.45) is 5.73 Å². The van der Waals surface area contributed by atoms with Crippen LogP contribution in [0.25, 0.3) is 6.08 Å². The quantitative estimate of drug-likeness (QED) is 0.221. The lowest BCUT2D eigenvalue weighted by Gasteiger charge is -2.10. The van der Waals surface area contributed by atoms with Crippen molar-refractivity contribution in [2.75, 3.05) is 6.54 Å². The van der Waals surface area contributed by atoms with Gasteiger partial charge in [-0.15, -0.1) is 6.42 Å². The van der Waals surface area contributed by atoms with Gasteiger partial charge in [0.15, 0.2) is 0 Å². The molecular weight excluding hydrogens is 386 g/mol. The van der Waals surface area contributed by atoms with Crippen LogP contribution in [-0.2, 0) is 17.4 Å². The van der Waals surface area contributed by atoms with E-state index in [2.05, 4.69) is 16.2 Å². The SMILES string of the molecule is C#CC(=C/CCNC(=O)/C=C/c1ccc(C(F)(F)F)nc1CCC)/C(N)=C(\C)F. The molecule has 1 rings (SSSR count). The lowest BCUT2D eigenvalue weighted by Crippen LogP contribution is -2.21. The van der Waals surface area contributed by atoms with E-state index < -0.39 is 23.6 Å². The third-order valence-corrected chi connectivity index (χ3v) is 3.81. The van der Waals surface area contributed by atoms with Crippen molar-refractivity contribution in [3.8, 4) is 12.3 Å². The molecule has 3 N–H and O–H groups in total. The lowest BCUT2D eigenvalue weighted by atomic mass is 10.1. The van der Waals surface area contributed by atoms with Gasteiger partial charge in [0, 0.05) is 23.9 Å². The Kier molecular flexibility index (Phi) is 9.13. The highest BCUT2D eigenvalue weighted by molar-refractivity contribution is 5.91. The number of nitrogens with two attached hydrogens (primary N) is 1. The van der Waals surface area contributed by atoms with Crippen LogP contribution >= 0.6 is 0 Å². The first-order chi connectivity index (χ1) is 13.6. The zero-order valence-corrected chi connectivity index (χ0v) is 16.2. The molecule has 0 bridgehead atoms. The molecule has 156 valence electrons. The summed E-state index contributed by atoms with van der Waals surface area (Å²) >= 11 is 0. The molecule has 0 aliphatic rings. The number of halogens is 4. The molecule has 0 unspecified atom stereocenters. The summed E-state index contributed by atoms with van der Waals surface area (Å²) in [5.74, 6) is 1.25. The fourth-order valence-electron chi connectivity index (χ4n) is 2.33. The standard InChI is InChI=1S/C21H23F4N3O/c1-4-7-17-16(9-11-18(28-17)21(23,24)25)10-12-19(29)27-13-6-8-15(5-2)20(26)14(3)22/h2,8-12H,4,6-7,13,26H2,1,3H3,(H,27,29)/b12-10+,15-8-,20-14-. The highest BCUT2D eigenvalue weighted by Gasteiger charge is 2.32. The van der Waals surface area contributed by atoms with Crippen LogP contribution in [0.3, 0.4) is 0 Å². The van der Waals surface area contributed by atoms with Crippen molar-refractivity contribution >= 4 is 12.0 Å². The molecule has 29 heavy (non-hydrogen) atoms. The van der Waals surface area contributed by atoms with Crippen molar-refractivity contribution in [1.29, 1.82) is 0 Å². The van der Waals surface area contributed by atoms with Gasteiger partial charge in [-0.1, -0.05) is 31.4 Å². The minimum Gasteiger partial charge on any atom is -0.396 e. The molecule has 0 atom stereocenters. The van der Waals surface area contributed by atoms with Gasteiger partial charge in [-0.05, 0) is 37.5 Å². The number of amides is 1. The van der Waals surface area contributed by atoms with E-state index in [-0.39, 0.29) is 23.5 Å². The molecule has 0 saturated heterocycles. The maximum absolute atomic E-state index is 13.1. The molecule has 4 nitrogen and oxygen atoms in total. The average Bonchev–Trinajstić information content (AvgIpc) is 2.66. The highest BCUT2D eigenvalue weighted by atomic mass is 19.4. The van der Waals surface area contributed by atoms with Crippen molar-refractivity contribution in [1.82, 2.24) is 10.3 Å². The van der Waals surface area contributed by atoms with Crippen LogP contribution in [0, 0.1) is 12.3 Å². The summed E-state index contributed by atoms with van der Waals surface area (Å²) in [4.78, 5) is 15.6. The molecule has 1 heterocycles. The third kappa shape index (κ3) is 7.82. The van der Waals surface area contributed by atoms with Crippen LogP contribution in [0.4, 0.5) is 17.6 Å². The Bertz CT molecular complexity index is 858. The third-order valence-electron chi connectivity index (χ3n) is 3.81. The normalized spacial score (nSPS) is 13.2. The number of aromatic nitrogens is 1. The Morgan fingerprint density at radius 2 is 2.07 bits per heavy atom. The minimum atomic E-state index is -4.52. The summed E-state index contributed by atoms with van der Waals surface area (Å²) in [5.41, 5.74) is 5.35. The number of carbonyl (C=O) groups excluding carboxylic acids is 1. The van der Waals surface area contributed by atoms with Gasteiger partial charge >= 0.3 is 6.18 Å². The number of nitrogens with one attached hydrogen (secondary N) is 1. The van der Waals surface area contributed by atoms with Crippen molar-refractivity contribution < 1.29 is 22.4 Å². The minimum absolute atomic E-state index is 0.128. The highest BCUT2D eigenvalue weighted by Crippen LogP contribution is 2.28.